The van der Waals surface area contributed by atoms with Gasteiger partial charge in [0.25, 0.3) is 0 Å². The number of aldehydes is 1. The van der Waals surface area contributed by atoms with Gasteiger partial charge in [-0.25, -0.2) is 0 Å². The zero-order chi connectivity index (χ0) is 8.10. The summed E-state index contributed by atoms with van der Waals surface area (Å²) in [6, 6.07) is 0. The second-order valence-corrected chi connectivity index (χ2v) is 3.05. The molecular weight excluding hydrogens is 226 g/mol. The van der Waals surface area contributed by atoms with Crippen LogP contribution in [0.3, 0.4) is 0 Å². The Kier molecular flexibility index (Phi) is 8.52. The predicted octanol–water partition coefficient (Wildman–Crippen LogP) is -1.40. The largest absolute Gasteiger partial charge is 1.00 e. The topological polar surface area (TPSA) is 26.3 Å². The van der Waals surface area contributed by atoms with Crippen LogP contribution in [0.15, 0.2) is 0 Å². The molecule has 12 heavy (non-hydrogen) atoms. The molecule has 0 aromatic rings. The first-order valence-corrected chi connectivity index (χ1v) is 4.20. The predicted molar refractivity (Wildman–Crippen MR) is 43.1 cm³/mol. The SMILES string of the molecule is COC1CCCCC1[CH-]C=O.[Rb+]. The Balaban J connectivity index is 0.00000121. The molecule has 2 nitrogen and oxygen atoms in total. The van der Waals surface area contributed by atoms with Crippen LogP contribution in [0.5, 0.6) is 0 Å². The van der Waals surface area contributed by atoms with E-state index < -0.39 is 0 Å². The van der Waals surface area contributed by atoms with Crippen molar-refractivity contribution in [2.24, 2.45) is 5.92 Å². The van der Waals surface area contributed by atoms with Gasteiger partial charge in [0.05, 0.1) is 0 Å². The first-order valence-electron chi connectivity index (χ1n) is 4.20. The minimum Gasteiger partial charge on any atom is -0.384 e. The van der Waals surface area contributed by atoms with Crippen LogP contribution in [0.1, 0.15) is 25.7 Å². The summed E-state index contributed by atoms with van der Waals surface area (Å²) in [5.41, 5.74) is 0. The van der Waals surface area contributed by atoms with E-state index >= 15 is 0 Å². The van der Waals surface area contributed by atoms with E-state index in [1.54, 1.807) is 13.5 Å². The first-order chi connectivity index (χ1) is 5.38. The van der Waals surface area contributed by atoms with Gasteiger partial charge in [0.1, 0.15) is 0 Å². The Hall–Kier alpha value is 1.31. The molecule has 0 aliphatic heterocycles. The van der Waals surface area contributed by atoms with Gasteiger partial charge < -0.3 is 16.0 Å². The Morgan fingerprint density at radius 3 is 2.67 bits per heavy atom. The van der Waals surface area contributed by atoms with Crippen molar-refractivity contribution >= 4 is 6.29 Å². The monoisotopic (exact) mass is 240 g/mol. The summed E-state index contributed by atoms with van der Waals surface area (Å²) < 4.78 is 5.27. The molecule has 0 heterocycles. The second-order valence-electron chi connectivity index (χ2n) is 3.05. The zero-order valence-corrected chi connectivity index (χ0v) is 12.9. The van der Waals surface area contributed by atoms with E-state index in [4.69, 9.17) is 4.74 Å². The summed E-state index contributed by atoms with van der Waals surface area (Å²) >= 11 is 0. The smallest absolute Gasteiger partial charge is 0.384 e. The van der Waals surface area contributed by atoms with Crippen LogP contribution in [0.4, 0.5) is 0 Å². The third-order valence-electron chi connectivity index (χ3n) is 2.38. The van der Waals surface area contributed by atoms with Crippen LogP contribution in [-0.2, 0) is 9.53 Å². The minimum absolute atomic E-state index is 0. The molecule has 0 aromatic carbocycles. The van der Waals surface area contributed by atoms with Gasteiger partial charge in [0.15, 0.2) is 0 Å². The minimum atomic E-state index is 0. The van der Waals surface area contributed by atoms with Crippen LogP contribution in [0, 0.1) is 12.3 Å². The van der Waals surface area contributed by atoms with Gasteiger partial charge in [-0.1, -0.05) is 19.3 Å². The molecule has 1 aliphatic rings. The van der Waals surface area contributed by atoms with Crippen molar-refractivity contribution in [2.45, 2.75) is 31.8 Å². The molecule has 0 saturated heterocycles. The molecule has 0 spiro atoms. The van der Waals surface area contributed by atoms with Gasteiger partial charge in [0, 0.05) is 13.2 Å². The van der Waals surface area contributed by atoms with E-state index in [1.807, 2.05) is 0 Å². The number of carbonyl (C=O) groups is 1. The molecular formula is C9H15O2Rb. The third-order valence-corrected chi connectivity index (χ3v) is 2.38. The Bertz CT molecular complexity index is 128. The van der Waals surface area contributed by atoms with Crippen molar-refractivity contribution in [1.82, 2.24) is 0 Å². The summed E-state index contributed by atoms with van der Waals surface area (Å²) in [7, 11) is 1.72. The van der Waals surface area contributed by atoms with Crippen LogP contribution in [-0.4, -0.2) is 19.5 Å². The third kappa shape index (κ3) is 4.01. The standard InChI is InChI=1S/C9H15O2.Rb/c1-11-9-5-3-2-4-8(9)6-7-10;/h6-9H,2-5H2,1H3;/q-1;+1. The van der Waals surface area contributed by atoms with E-state index in [0.717, 1.165) is 19.1 Å². The summed E-state index contributed by atoms with van der Waals surface area (Å²) in [5.74, 6) is 0.367. The van der Waals surface area contributed by atoms with E-state index in [0.29, 0.717) is 5.92 Å². The van der Waals surface area contributed by atoms with Crippen LogP contribution in [0.2, 0.25) is 0 Å². The van der Waals surface area contributed by atoms with Gasteiger partial charge in [-0.2, -0.15) is 0 Å². The van der Waals surface area contributed by atoms with E-state index in [-0.39, 0.29) is 64.3 Å². The zero-order valence-electron chi connectivity index (χ0n) is 7.95. The fraction of sp³-hybridized carbons (Fsp3) is 0.778. The molecule has 64 valence electrons. The number of methoxy groups -OCH3 is 1. The maximum absolute atomic E-state index is 10.2. The molecule has 0 bridgehead atoms. The second kappa shape index (κ2) is 7.69. The van der Waals surface area contributed by atoms with E-state index in [2.05, 4.69) is 0 Å². The van der Waals surface area contributed by atoms with Gasteiger partial charge in [-0.3, -0.25) is 0 Å². The Morgan fingerprint density at radius 2 is 2.08 bits per heavy atom. The molecule has 0 N–H and O–H groups in total. The maximum Gasteiger partial charge on any atom is 1.00 e. The molecule has 1 fully saturated rings. The molecule has 1 saturated carbocycles. The first kappa shape index (κ1) is 13.3. The molecule has 0 radical (unpaired) electrons. The Morgan fingerprint density at radius 1 is 1.42 bits per heavy atom. The quantitative estimate of drug-likeness (QED) is 0.448. The molecule has 1 aliphatic carbocycles. The normalized spacial score (nSPS) is 28.8. The molecule has 2 atom stereocenters. The summed E-state index contributed by atoms with van der Waals surface area (Å²) in [5, 5.41) is 0. The van der Waals surface area contributed by atoms with Gasteiger partial charge in [-0.15, -0.1) is 5.92 Å². The molecule has 2 unspecified atom stereocenters. The van der Waals surface area contributed by atoms with Gasteiger partial charge in [-0.05, 0) is 12.7 Å². The van der Waals surface area contributed by atoms with Gasteiger partial charge in [0.2, 0.25) is 0 Å². The fourth-order valence-electron chi connectivity index (χ4n) is 1.74. The van der Waals surface area contributed by atoms with E-state index in [9.17, 15) is 4.79 Å². The van der Waals surface area contributed by atoms with Crippen molar-refractivity contribution in [3.8, 4) is 0 Å². The summed E-state index contributed by atoms with van der Waals surface area (Å²) in [6.45, 7) is 0. The van der Waals surface area contributed by atoms with Crippen molar-refractivity contribution in [1.29, 1.82) is 0 Å². The average Bonchev–Trinajstić information content (AvgIpc) is 2.06. The van der Waals surface area contributed by atoms with Crippen LogP contribution < -0.4 is 58.2 Å². The van der Waals surface area contributed by atoms with Crippen LogP contribution in [0.25, 0.3) is 0 Å². The summed E-state index contributed by atoms with van der Waals surface area (Å²) in [6.07, 6.45) is 7.59. The van der Waals surface area contributed by atoms with E-state index in [1.165, 1.54) is 12.8 Å². The molecule has 3 heteroatoms. The average molecular weight is 241 g/mol. The van der Waals surface area contributed by atoms with Crippen molar-refractivity contribution in [3.05, 3.63) is 6.42 Å². The summed E-state index contributed by atoms with van der Waals surface area (Å²) in [4.78, 5) is 10.2. The maximum atomic E-state index is 10.2. The van der Waals surface area contributed by atoms with Crippen molar-refractivity contribution < 1.29 is 67.7 Å². The van der Waals surface area contributed by atoms with Gasteiger partial charge >= 0.3 is 58.2 Å². The number of carbonyl (C=O) groups excluding carboxylic acids is 1. The number of hydrogen-bond donors (Lipinski definition) is 0. The number of rotatable bonds is 3. The van der Waals surface area contributed by atoms with Crippen molar-refractivity contribution in [2.75, 3.05) is 7.11 Å². The molecule has 0 amide bonds. The number of hydrogen-bond acceptors (Lipinski definition) is 2. The number of ether oxygens (including phenoxy) is 1. The Labute approximate surface area is 123 Å². The molecule has 1 rings (SSSR count). The molecule has 0 aromatic heterocycles. The van der Waals surface area contributed by atoms with Crippen molar-refractivity contribution in [3.63, 3.8) is 0 Å². The van der Waals surface area contributed by atoms with Crippen LogP contribution >= 0.6 is 0 Å². The fourth-order valence-corrected chi connectivity index (χ4v) is 1.74.